The van der Waals surface area contributed by atoms with Gasteiger partial charge in [-0.3, -0.25) is 0 Å². The predicted octanol–water partition coefficient (Wildman–Crippen LogP) is 2.64. The van der Waals surface area contributed by atoms with Crippen molar-refractivity contribution in [3.8, 4) is 5.75 Å². The van der Waals surface area contributed by atoms with Crippen LogP contribution in [0.4, 0.5) is 0 Å². The Bertz CT molecular complexity index is 316. The lowest BCUT2D eigenvalue weighted by atomic mass is 9.98. The van der Waals surface area contributed by atoms with E-state index < -0.39 is 5.60 Å². The Balaban J connectivity index is 3.29. The zero-order valence-corrected chi connectivity index (χ0v) is 9.81. The van der Waals surface area contributed by atoms with Gasteiger partial charge in [-0.05, 0) is 26.2 Å². The average Bonchev–Trinajstić information content (AvgIpc) is 2.15. The van der Waals surface area contributed by atoms with E-state index in [1.807, 2.05) is 24.5 Å². The normalized spacial score (nSPS) is 11.5. The first kappa shape index (κ1) is 11.4. The first-order valence-corrected chi connectivity index (χ1v) is 5.67. The van der Waals surface area contributed by atoms with E-state index in [2.05, 4.69) is 0 Å². The minimum Gasteiger partial charge on any atom is -0.496 e. The molecule has 0 saturated carbocycles. The Hall–Kier alpha value is -0.670. The van der Waals surface area contributed by atoms with Gasteiger partial charge >= 0.3 is 0 Å². The molecule has 2 nitrogen and oxygen atoms in total. The second kappa shape index (κ2) is 4.24. The van der Waals surface area contributed by atoms with Crippen molar-refractivity contribution >= 4 is 11.8 Å². The summed E-state index contributed by atoms with van der Waals surface area (Å²) in [4.78, 5) is 1.00. The SMILES string of the molecule is COc1cccc(C(C)(C)O)c1SC. The van der Waals surface area contributed by atoms with E-state index in [0.29, 0.717) is 0 Å². The molecule has 0 saturated heterocycles. The quantitative estimate of drug-likeness (QED) is 0.781. The van der Waals surface area contributed by atoms with Crippen molar-refractivity contribution in [2.75, 3.05) is 13.4 Å². The average molecular weight is 212 g/mol. The number of aliphatic hydroxyl groups is 1. The molecule has 0 aliphatic rings. The summed E-state index contributed by atoms with van der Waals surface area (Å²) >= 11 is 1.59. The molecule has 14 heavy (non-hydrogen) atoms. The molecule has 1 aromatic rings. The summed E-state index contributed by atoms with van der Waals surface area (Å²) in [6.07, 6.45) is 1.98. The molecule has 0 atom stereocenters. The van der Waals surface area contributed by atoms with E-state index in [-0.39, 0.29) is 0 Å². The summed E-state index contributed by atoms with van der Waals surface area (Å²) in [7, 11) is 1.64. The third kappa shape index (κ3) is 2.22. The van der Waals surface area contributed by atoms with Crippen LogP contribution in [0.5, 0.6) is 5.75 Å². The molecule has 0 unspecified atom stereocenters. The number of thioether (sulfide) groups is 1. The van der Waals surface area contributed by atoms with Crippen LogP contribution in [0.25, 0.3) is 0 Å². The highest BCUT2D eigenvalue weighted by Crippen LogP contribution is 2.36. The molecular formula is C11H16O2S. The minimum absolute atomic E-state index is 0.817. The van der Waals surface area contributed by atoms with E-state index in [9.17, 15) is 5.11 Å². The Morgan fingerprint density at radius 3 is 2.43 bits per heavy atom. The molecule has 1 N–H and O–H groups in total. The number of hydrogen-bond donors (Lipinski definition) is 1. The lowest BCUT2D eigenvalue weighted by Gasteiger charge is -2.22. The van der Waals surface area contributed by atoms with Crippen molar-refractivity contribution in [1.82, 2.24) is 0 Å². The smallest absolute Gasteiger partial charge is 0.132 e. The second-order valence-corrected chi connectivity index (χ2v) is 4.42. The molecule has 0 radical (unpaired) electrons. The summed E-state index contributed by atoms with van der Waals surface area (Å²) in [6.45, 7) is 3.56. The van der Waals surface area contributed by atoms with Gasteiger partial charge in [0.1, 0.15) is 5.75 Å². The van der Waals surface area contributed by atoms with Crippen LogP contribution in [0.2, 0.25) is 0 Å². The fraction of sp³-hybridized carbons (Fsp3) is 0.455. The van der Waals surface area contributed by atoms with Gasteiger partial charge in [0.25, 0.3) is 0 Å². The lowest BCUT2D eigenvalue weighted by Crippen LogP contribution is -2.16. The van der Waals surface area contributed by atoms with Crippen molar-refractivity contribution in [2.45, 2.75) is 24.3 Å². The van der Waals surface area contributed by atoms with Gasteiger partial charge in [0.15, 0.2) is 0 Å². The number of benzene rings is 1. The molecule has 0 amide bonds. The van der Waals surface area contributed by atoms with Crippen LogP contribution in [0.3, 0.4) is 0 Å². The van der Waals surface area contributed by atoms with Crippen LogP contribution in [0.15, 0.2) is 23.1 Å². The fourth-order valence-electron chi connectivity index (χ4n) is 1.37. The molecule has 1 aromatic carbocycles. The van der Waals surface area contributed by atoms with Gasteiger partial charge in [0.2, 0.25) is 0 Å². The molecule has 0 fully saturated rings. The number of rotatable bonds is 3. The Morgan fingerprint density at radius 2 is 2.00 bits per heavy atom. The Labute approximate surface area is 89.3 Å². The van der Waals surface area contributed by atoms with Gasteiger partial charge in [-0.1, -0.05) is 12.1 Å². The molecule has 0 aliphatic heterocycles. The van der Waals surface area contributed by atoms with Crippen LogP contribution in [-0.2, 0) is 5.60 Å². The van der Waals surface area contributed by atoms with Crippen molar-refractivity contribution in [2.24, 2.45) is 0 Å². The van der Waals surface area contributed by atoms with E-state index in [4.69, 9.17) is 4.74 Å². The maximum Gasteiger partial charge on any atom is 0.132 e. The molecule has 78 valence electrons. The van der Waals surface area contributed by atoms with Crippen LogP contribution in [0, 0.1) is 0 Å². The van der Waals surface area contributed by atoms with Gasteiger partial charge in [0, 0.05) is 5.56 Å². The molecule has 3 heteroatoms. The van der Waals surface area contributed by atoms with E-state index in [1.165, 1.54) is 0 Å². The molecule has 1 rings (SSSR count). The highest BCUT2D eigenvalue weighted by molar-refractivity contribution is 7.98. The lowest BCUT2D eigenvalue weighted by molar-refractivity contribution is 0.0753. The topological polar surface area (TPSA) is 29.5 Å². The Morgan fingerprint density at radius 1 is 1.36 bits per heavy atom. The van der Waals surface area contributed by atoms with E-state index >= 15 is 0 Å². The van der Waals surface area contributed by atoms with Crippen molar-refractivity contribution < 1.29 is 9.84 Å². The summed E-state index contributed by atoms with van der Waals surface area (Å²) in [5.41, 5.74) is 0.0803. The van der Waals surface area contributed by atoms with Gasteiger partial charge in [-0.2, -0.15) is 0 Å². The second-order valence-electron chi connectivity index (χ2n) is 3.60. The van der Waals surface area contributed by atoms with E-state index in [0.717, 1.165) is 16.2 Å². The zero-order valence-electron chi connectivity index (χ0n) is 9.00. The standard InChI is InChI=1S/C11H16O2S/c1-11(2,12)8-6-5-7-9(13-3)10(8)14-4/h5-7,12H,1-4H3. The minimum atomic E-state index is -0.827. The molecule has 0 bridgehead atoms. The molecular weight excluding hydrogens is 196 g/mol. The predicted molar refractivity (Wildman–Crippen MR) is 60.0 cm³/mol. The van der Waals surface area contributed by atoms with Crippen molar-refractivity contribution in [1.29, 1.82) is 0 Å². The van der Waals surface area contributed by atoms with Crippen LogP contribution < -0.4 is 4.74 Å². The van der Waals surface area contributed by atoms with Crippen LogP contribution in [-0.4, -0.2) is 18.5 Å². The zero-order chi connectivity index (χ0) is 10.8. The third-order valence-corrected chi connectivity index (χ3v) is 2.89. The highest BCUT2D eigenvalue weighted by atomic mass is 32.2. The maximum atomic E-state index is 9.95. The largest absolute Gasteiger partial charge is 0.496 e. The molecule has 0 aromatic heterocycles. The molecule has 0 aliphatic carbocycles. The third-order valence-electron chi connectivity index (χ3n) is 2.06. The van der Waals surface area contributed by atoms with Crippen LogP contribution in [0.1, 0.15) is 19.4 Å². The van der Waals surface area contributed by atoms with E-state index in [1.54, 1.807) is 32.7 Å². The summed E-state index contributed by atoms with van der Waals surface area (Å²) < 4.78 is 5.24. The number of hydrogen-bond acceptors (Lipinski definition) is 3. The fourth-order valence-corrected chi connectivity index (χ4v) is 2.26. The monoisotopic (exact) mass is 212 g/mol. The number of methoxy groups -OCH3 is 1. The van der Waals surface area contributed by atoms with Gasteiger partial charge < -0.3 is 9.84 Å². The number of ether oxygens (including phenoxy) is 1. The van der Waals surface area contributed by atoms with Crippen LogP contribution >= 0.6 is 11.8 Å². The van der Waals surface area contributed by atoms with Gasteiger partial charge in [-0.25, -0.2) is 0 Å². The molecule has 0 heterocycles. The summed E-state index contributed by atoms with van der Waals surface area (Å²) in [5.74, 6) is 0.817. The van der Waals surface area contributed by atoms with Gasteiger partial charge in [-0.15, -0.1) is 11.8 Å². The maximum absolute atomic E-state index is 9.95. The van der Waals surface area contributed by atoms with Gasteiger partial charge in [0.05, 0.1) is 17.6 Å². The first-order chi connectivity index (χ1) is 6.50. The van der Waals surface area contributed by atoms with Crippen molar-refractivity contribution in [3.63, 3.8) is 0 Å². The summed E-state index contributed by atoms with van der Waals surface area (Å²) in [6, 6.07) is 5.72. The van der Waals surface area contributed by atoms with Crippen molar-refractivity contribution in [3.05, 3.63) is 23.8 Å². The molecule has 0 spiro atoms. The summed E-state index contributed by atoms with van der Waals surface area (Å²) in [5, 5.41) is 9.95. The Kier molecular flexibility index (Phi) is 3.45. The highest BCUT2D eigenvalue weighted by Gasteiger charge is 2.21. The first-order valence-electron chi connectivity index (χ1n) is 4.44.